The Morgan fingerprint density at radius 3 is 2.65 bits per heavy atom. The fraction of sp³-hybridized carbons (Fsp3) is 0.300. The molecule has 1 heterocycles. The van der Waals surface area contributed by atoms with Crippen molar-refractivity contribution in [3.8, 4) is 0 Å². The maximum Gasteiger partial charge on any atom is 0.251 e. The van der Waals surface area contributed by atoms with Gasteiger partial charge in [0.05, 0.1) is 17.6 Å². The van der Waals surface area contributed by atoms with Crippen molar-refractivity contribution in [1.29, 1.82) is 0 Å². The van der Waals surface area contributed by atoms with Gasteiger partial charge in [-0.15, -0.1) is 0 Å². The molecule has 2 N–H and O–H groups in total. The van der Waals surface area contributed by atoms with Crippen LogP contribution in [0, 0.1) is 6.92 Å². The van der Waals surface area contributed by atoms with E-state index in [1.165, 1.54) is 0 Å². The molecule has 136 valence electrons. The van der Waals surface area contributed by atoms with Crippen molar-refractivity contribution in [2.75, 3.05) is 25.1 Å². The first kappa shape index (κ1) is 17.9. The second-order valence-electron chi connectivity index (χ2n) is 6.42. The number of carbonyl (C=O) groups is 1. The van der Waals surface area contributed by atoms with Crippen LogP contribution in [-0.2, 0) is 13.6 Å². The highest BCUT2D eigenvalue weighted by Crippen LogP contribution is 2.17. The molecule has 6 nitrogen and oxygen atoms in total. The van der Waals surface area contributed by atoms with Crippen LogP contribution in [0.5, 0.6) is 0 Å². The maximum atomic E-state index is 12.4. The number of likely N-dealkylation sites (N-methyl/N-ethyl adjacent to an activating group) is 1. The number of aromatic nitrogens is 2. The molecule has 0 bridgehead atoms. The Morgan fingerprint density at radius 1 is 1.23 bits per heavy atom. The fourth-order valence-corrected chi connectivity index (χ4v) is 2.91. The molecule has 0 saturated carbocycles. The van der Waals surface area contributed by atoms with Crippen LogP contribution in [0.4, 0.5) is 5.69 Å². The summed E-state index contributed by atoms with van der Waals surface area (Å²) in [6.07, 6.45) is 0. The minimum absolute atomic E-state index is 0.0961. The van der Waals surface area contributed by atoms with E-state index in [-0.39, 0.29) is 12.5 Å². The van der Waals surface area contributed by atoms with Gasteiger partial charge in [-0.25, -0.2) is 4.98 Å². The van der Waals surface area contributed by atoms with Crippen LogP contribution < -0.4 is 10.2 Å². The number of imidazole rings is 1. The van der Waals surface area contributed by atoms with Crippen molar-refractivity contribution in [2.24, 2.45) is 7.05 Å². The summed E-state index contributed by atoms with van der Waals surface area (Å²) < 4.78 is 2.05. The van der Waals surface area contributed by atoms with Gasteiger partial charge in [0, 0.05) is 38.4 Å². The van der Waals surface area contributed by atoms with Gasteiger partial charge < -0.3 is 19.9 Å². The van der Waals surface area contributed by atoms with E-state index in [2.05, 4.69) is 10.3 Å². The van der Waals surface area contributed by atoms with Crippen LogP contribution in [0.1, 0.15) is 21.7 Å². The van der Waals surface area contributed by atoms with E-state index in [0.29, 0.717) is 18.7 Å². The Labute approximate surface area is 153 Å². The van der Waals surface area contributed by atoms with Crippen molar-refractivity contribution >= 4 is 22.6 Å². The molecule has 0 aliphatic heterocycles. The molecule has 0 saturated heterocycles. The molecule has 3 aromatic rings. The summed E-state index contributed by atoms with van der Waals surface area (Å²) in [4.78, 5) is 18.8. The third kappa shape index (κ3) is 3.70. The largest absolute Gasteiger partial charge is 0.395 e. The van der Waals surface area contributed by atoms with Gasteiger partial charge in [-0.3, -0.25) is 4.79 Å². The van der Waals surface area contributed by atoms with Crippen LogP contribution in [0.2, 0.25) is 0 Å². The van der Waals surface area contributed by atoms with Gasteiger partial charge in [0.15, 0.2) is 0 Å². The van der Waals surface area contributed by atoms with Crippen molar-refractivity contribution in [3.63, 3.8) is 0 Å². The molecule has 26 heavy (non-hydrogen) atoms. The number of amides is 1. The average Bonchev–Trinajstić information content (AvgIpc) is 2.93. The lowest BCUT2D eigenvalue weighted by molar-refractivity contribution is 0.0951. The van der Waals surface area contributed by atoms with E-state index in [0.717, 1.165) is 28.1 Å². The summed E-state index contributed by atoms with van der Waals surface area (Å²) in [6.45, 7) is 3.08. The number of rotatable bonds is 6. The first-order chi connectivity index (χ1) is 12.5. The Bertz CT molecular complexity index is 915. The van der Waals surface area contributed by atoms with Crippen molar-refractivity contribution < 1.29 is 9.90 Å². The third-order valence-electron chi connectivity index (χ3n) is 4.63. The lowest BCUT2D eigenvalue weighted by Crippen LogP contribution is -2.23. The number of hydrogen-bond donors (Lipinski definition) is 2. The summed E-state index contributed by atoms with van der Waals surface area (Å²) >= 11 is 0. The molecular weight excluding hydrogens is 328 g/mol. The van der Waals surface area contributed by atoms with Crippen molar-refractivity contribution in [3.05, 3.63) is 59.4 Å². The predicted molar refractivity (Wildman–Crippen MR) is 103 cm³/mol. The van der Waals surface area contributed by atoms with E-state index in [4.69, 9.17) is 5.11 Å². The highest BCUT2D eigenvalue weighted by atomic mass is 16.3. The summed E-state index contributed by atoms with van der Waals surface area (Å²) in [5.74, 6) is 0.853. The summed E-state index contributed by atoms with van der Waals surface area (Å²) in [6, 6.07) is 13.4. The van der Waals surface area contributed by atoms with Gasteiger partial charge in [-0.1, -0.05) is 6.07 Å². The van der Waals surface area contributed by atoms with Crippen LogP contribution >= 0.6 is 0 Å². The molecular formula is C20H24N4O2. The Morgan fingerprint density at radius 2 is 1.96 bits per heavy atom. The van der Waals surface area contributed by atoms with Crippen LogP contribution in [0.3, 0.4) is 0 Å². The van der Waals surface area contributed by atoms with E-state index >= 15 is 0 Å². The summed E-state index contributed by atoms with van der Waals surface area (Å²) in [5.41, 5.74) is 4.61. The number of aryl methyl sites for hydroxylation is 2. The van der Waals surface area contributed by atoms with Gasteiger partial charge >= 0.3 is 0 Å². The fourth-order valence-electron chi connectivity index (χ4n) is 2.91. The molecule has 0 unspecified atom stereocenters. The zero-order chi connectivity index (χ0) is 18.7. The van der Waals surface area contributed by atoms with Crippen LogP contribution in [0.15, 0.2) is 42.5 Å². The molecule has 0 atom stereocenters. The Kier molecular flexibility index (Phi) is 5.23. The van der Waals surface area contributed by atoms with Gasteiger partial charge in [0.2, 0.25) is 0 Å². The zero-order valence-corrected chi connectivity index (χ0v) is 15.4. The summed E-state index contributed by atoms with van der Waals surface area (Å²) in [7, 11) is 3.90. The molecule has 0 aliphatic rings. The Hall–Kier alpha value is -2.86. The number of carbonyl (C=O) groups excluding carboxylic acids is 1. The smallest absolute Gasteiger partial charge is 0.251 e. The SMILES string of the molecule is Cc1nc2cc(CNC(=O)c3ccc(N(C)CCO)cc3)ccc2n1C. The van der Waals surface area contributed by atoms with Gasteiger partial charge in [-0.2, -0.15) is 0 Å². The number of aliphatic hydroxyl groups excluding tert-OH is 1. The molecule has 0 radical (unpaired) electrons. The number of aliphatic hydroxyl groups is 1. The van der Waals surface area contributed by atoms with Gasteiger partial charge in [0.25, 0.3) is 5.91 Å². The monoisotopic (exact) mass is 352 g/mol. The first-order valence-electron chi connectivity index (χ1n) is 8.62. The molecule has 2 aromatic carbocycles. The number of nitrogens with zero attached hydrogens (tertiary/aromatic N) is 3. The normalized spacial score (nSPS) is 10.9. The number of nitrogens with one attached hydrogen (secondary N) is 1. The summed E-state index contributed by atoms with van der Waals surface area (Å²) in [5, 5.41) is 11.9. The molecule has 6 heteroatoms. The van der Waals surface area contributed by atoms with Crippen LogP contribution in [0.25, 0.3) is 11.0 Å². The van der Waals surface area contributed by atoms with Crippen molar-refractivity contribution in [2.45, 2.75) is 13.5 Å². The molecule has 0 fully saturated rings. The van der Waals surface area contributed by atoms with Gasteiger partial charge in [-0.05, 0) is 48.9 Å². The first-order valence-corrected chi connectivity index (χ1v) is 8.62. The highest BCUT2D eigenvalue weighted by Gasteiger charge is 2.08. The van der Waals surface area contributed by atoms with E-state index < -0.39 is 0 Å². The molecule has 0 aliphatic carbocycles. The highest BCUT2D eigenvalue weighted by molar-refractivity contribution is 5.94. The number of hydrogen-bond acceptors (Lipinski definition) is 4. The van der Waals surface area contributed by atoms with E-state index in [9.17, 15) is 4.79 Å². The number of benzene rings is 2. The topological polar surface area (TPSA) is 70.4 Å². The second kappa shape index (κ2) is 7.58. The predicted octanol–water partition coefficient (Wildman–Crippen LogP) is 2.24. The number of fused-ring (bicyclic) bond motifs is 1. The standard InChI is InChI=1S/C20H24N4O2/c1-14-22-18-12-15(4-9-19(18)24(14)3)13-21-20(26)16-5-7-17(8-6-16)23(2)10-11-25/h4-9,12,25H,10-11,13H2,1-3H3,(H,21,26). The maximum absolute atomic E-state index is 12.4. The van der Waals surface area contributed by atoms with Crippen molar-refractivity contribution in [1.82, 2.24) is 14.9 Å². The Balaban J connectivity index is 1.65. The van der Waals surface area contributed by atoms with Gasteiger partial charge in [0.1, 0.15) is 5.82 Å². The molecule has 0 spiro atoms. The minimum Gasteiger partial charge on any atom is -0.395 e. The van der Waals surface area contributed by atoms with E-state index in [1.807, 2.05) is 60.8 Å². The molecule has 1 amide bonds. The zero-order valence-electron chi connectivity index (χ0n) is 15.4. The third-order valence-corrected chi connectivity index (χ3v) is 4.63. The second-order valence-corrected chi connectivity index (χ2v) is 6.42. The lowest BCUT2D eigenvalue weighted by atomic mass is 10.1. The quantitative estimate of drug-likeness (QED) is 0.714. The van der Waals surface area contributed by atoms with Crippen LogP contribution in [-0.4, -0.2) is 40.8 Å². The minimum atomic E-state index is -0.112. The van der Waals surface area contributed by atoms with E-state index in [1.54, 1.807) is 12.1 Å². The lowest BCUT2D eigenvalue weighted by Gasteiger charge is -2.18. The average molecular weight is 352 g/mol. The number of anilines is 1. The molecule has 1 aromatic heterocycles. The molecule has 3 rings (SSSR count).